The van der Waals surface area contributed by atoms with E-state index in [-0.39, 0.29) is 11.8 Å². The molecule has 0 saturated heterocycles. The molecule has 1 aromatic heterocycles. The standard InChI is InChI=1S/C17H15BrN4O2/c18-13-4-2-1-3-12(13)17(24)20-8-7-19-16(23)11-5-6-14-15(9-11)22-10-21-14/h1-6,9-10H,7-8H2,(H,19,23)(H,20,24)(H,21,22). The van der Waals surface area contributed by atoms with E-state index in [1.165, 1.54) is 0 Å². The van der Waals surface area contributed by atoms with Crippen molar-refractivity contribution in [3.05, 3.63) is 64.4 Å². The van der Waals surface area contributed by atoms with E-state index in [0.717, 1.165) is 15.5 Å². The first-order chi connectivity index (χ1) is 11.6. The van der Waals surface area contributed by atoms with Crippen molar-refractivity contribution in [2.75, 3.05) is 13.1 Å². The lowest BCUT2D eigenvalue weighted by molar-refractivity contribution is 0.0927. The number of carbonyl (C=O) groups excluding carboxylic acids is 2. The summed E-state index contributed by atoms with van der Waals surface area (Å²) in [5.41, 5.74) is 2.73. The van der Waals surface area contributed by atoms with Crippen molar-refractivity contribution in [1.29, 1.82) is 0 Å². The number of aromatic nitrogens is 2. The SMILES string of the molecule is O=C(NCCNC(=O)c1ccccc1Br)c1ccc2nc[nH]c2c1. The molecule has 1 heterocycles. The molecule has 0 aliphatic carbocycles. The number of benzene rings is 2. The molecule has 24 heavy (non-hydrogen) atoms. The molecule has 3 N–H and O–H groups in total. The topological polar surface area (TPSA) is 86.9 Å². The summed E-state index contributed by atoms with van der Waals surface area (Å²) in [6.07, 6.45) is 1.59. The van der Waals surface area contributed by atoms with Crippen LogP contribution in [-0.2, 0) is 0 Å². The maximum atomic E-state index is 12.1. The molecule has 0 aliphatic rings. The fourth-order valence-electron chi connectivity index (χ4n) is 2.27. The van der Waals surface area contributed by atoms with Crippen LogP contribution in [0, 0.1) is 0 Å². The van der Waals surface area contributed by atoms with Crippen molar-refractivity contribution in [2.24, 2.45) is 0 Å². The Hall–Kier alpha value is -2.67. The number of H-pyrrole nitrogens is 1. The van der Waals surface area contributed by atoms with Gasteiger partial charge in [0.15, 0.2) is 0 Å². The van der Waals surface area contributed by atoms with Gasteiger partial charge in [0, 0.05) is 23.1 Å². The average molecular weight is 387 g/mol. The summed E-state index contributed by atoms with van der Waals surface area (Å²) in [5.74, 6) is -0.378. The molecule has 0 aliphatic heterocycles. The number of nitrogens with zero attached hydrogens (tertiary/aromatic N) is 1. The fraction of sp³-hybridized carbons (Fsp3) is 0.118. The van der Waals surface area contributed by atoms with Crippen LogP contribution in [0.4, 0.5) is 0 Å². The average Bonchev–Trinajstić information content (AvgIpc) is 3.06. The van der Waals surface area contributed by atoms with Crippen LogP contribution in [0.25, 0.3) is 11.0 Å². The molecule has 0 fully saturated rings. The van der Waals surface area contributed by atoms with Crippen LogP contribution >= 0.6 is 15.9 Å². The largest absolute Gasteiger partial charge is 0.350 e. The molecule has 0 radical (unpaired) electrons. The molecule has 0 unspecified atom stereocenters. The zero-order valence-corrected chi connectivity index (χ0v) is 14.3. The van der Waals surface area contributed by atoms with Gasteiger partial charge in [-0.2, -0.15) is 0 Å². The van der Waals surface area contributed by atoms with Gasteiger partial charge in [-0.25, -0.2) is 4.98 Å². The predicted molar refractivity (Wildman–Crippen MR) is 94.9 cm³/mol. The van der Waals surface area contributed by atoms with E-state index < -0.39 is 0 Å². The highest BCUT2D eigenvalue weighted by Gasteiger charge is 2.09. The maximum absolute atomic E-state index is 12.1. The van der Waals surface area contributed by atoms with E-state index in [1.807, 2.05) is 12.1 Å². The van der Waals surface area contributed by atoms with Crippen molar-refractivity contribution in [3.63, 3.8) is 0 Å². The second-order valence-corrected chi connectivity index (χ2v) is 5.98. The van der Waals surface area contributed by atoms with E-state index in [9.17, 15) is 9.59 Å². The number of halogens is 1. The van der Waals surface area contributed by atoms with Crippen molar-refractivity contribution < 1.29 is 9.59 Å². The van der Waals surface area contributed by atoms with Gasteiger partial charge >= 0.3 is 0 Å². The van der Waals surface area contributed by atoms with Gasteiger partial charge in [-0.3, -0.25) is 9.59 Å². The van der Waals surface area contributed by atoms with E-state index in [0.29, 0.717) is 24.2 Å². The summed E-state index contributed by atoms with van der Waals surface area (Å²) in [5, 5.41) is 5.55. The maximum Gasteiger partial charge on any atom is 0.252 e. The Balaban J connectivity index is 1.50. The molecule has 3 aromatic rings. The Morgan fingerprint density at radius 2 is 1.79 bits per heavy atom. The molecule has 0 bridgehead atoms. The third-order valence-corrected chi connectivity index (χ3v) is 4.19. The normalized spacial score (nSPS) is 10.5. The Morgan fingerprint density at radius 1 is 1.04 bits per heavy atom. The lowest BCUT2D eigenvalue weighted by atomic mass is 10.2. The van der Waals surface area contributed by atoms with Crippen molar-refractivity contribution in [3.8, 4) is 0 Å². The van der Waals surface area contributed by atoms with E-state index >= 15 is 0 Å². The Bertz CT molecular complexity index is 891. The van der Waals surface area contributed by atoms with Gasteiger partial charge in [0.05, 0.1) is 22.9 Å². The molecular formula is C17H15BrN4O2. The molecule has 0 atom stereocenters. The van der Waals surface area contributed by atoms with E-state index in [2.05, 4.69) is 36.5 Å². The molecule has 2 aromatic carbocycles. The molecule has 7 heteroatoms. The molecule has 122 valence electrons. The fourth-order valence-corrected chi connectivity index (χ4v) is 2.74. The number of imidazole rings is 1. The highest BCUT2D eigenvalue weighted by molar-refractivity contribution is 9.10. The van der Waals surface area contributed by atoms with Crippen LogP contribution in [-0.4, -0.2) is 34.9 Å². The number of rotatable bonds is 5. The van der Waals surface area contributed by atoms with Gasteiger partial charge in [0.1, 0.15) is 0 Å². The van der Waals surface area contributed by atoms with Crippen LogP contribution in [0.1, 0.15) is 20.7 Å². The Kier molecular flexibility index (Phi) is 4.90. The molecule has 0 saturated carbocycles. The van der Waals surface area contributed by atoms with Crippen molar-refractivity contribution >= 4 is 38.8 Å². The van der Waals surface area contributed by atoms with Gasteiger partial charge in [-0.05, 0) is 46.3 Å². The monoisotopic (exact) mass is 386 g/mol. The first-order valence-electron chi connectivity index (χ1n) is 7.39. The number of amides is 2. The van der Waals surface area contributed by atoms with Crippen molar-refractivity contribution in [1.82, 2.24) is 20.6 Å². The molecule has 0 spiro atoms. The number of carbonyl (C=O) groups is 2. The zero-order chi connectivity index (χ0) is 16.9. The van der Waals surface area contributed by atoms with Crippen LogP contribution in [0.2, 0.25) is 0 Å². The van der Waals surface area contributed by atoms with Crippen LogP contribution in [0.5, 0.6) is 0 Å². The van der Waals surface area contributed by atoms with Gasteiger partial charge in [0.2, 0.25) is 0 Å². The summed E-state index contributed by atoms with van der Waals surface area (Å²) >= 11 is 3.34. The highest BCUT2D eigenvalue weighted by atomic mass is 79.9. The summed E-state index contributed by atoms with van der Waals surface area (Å²) in [6.45, 7) is 0.689. The summed E-state index contributed by atoms with van der Waals surface area (Å²) in [6, 6.07) is 12.4. The third kappa shape index (κ3) is 3.62. The van der Waals surface area contributed by atoms with Gasteiger partial charge < -0.3 is 15.6 Å². The van der Waals surface area contributed by atoms with E-state index in [1.54, 1.807) is 36.7 Å². The lowest BCUT2D eigenvalue weighted by Gasteiger charge is -2.08. The second kappa shape index (κ2) is 7.27. The van der Waals surface area contributed by atoms with Crippen LogP contribution in [0.3, 0.4) is 0 Å². The number of fused-ring (bicyclic) bond motifs is 1. The lowest BCUT2D eigenvalue weighted by Crippen LogP contribution is -2.34. The quantitative estimate of drug-likeness (QED) is 0.588. The minimum absolute atomic E-state index is 0.185. The molecular weight excluding hydrogens is 372 g/mol. The molecule has 6 nitrogen and oxygen atoms in total. The minimum Gasteiger partial charge on any atom is -0.350 e. The minimum atomic E-state index is -0.193. The van der Waals surface area contributed by atoms with E-state index in [4.69, 9.17) is 0 Å². The number of hydrogen-bond donors (Lipinski definition) is 3. The first-order valence-corrected chi connectivity index (χ1v) is 8.18. The van der Waals surface area contributed by atoms with Gasteiger partial charge in [-0.15, -0.1) is 0 Å². The Morgan fingerprint density at radius 3 is 2.58 bits per heavy atom. The first kappa shape index (κ1) is 16.2. The van der Waals surface area contributed by atoms with Gasteiger partial charge in [0.25, 0.3) is 11.8 Å². The summed E-state index contributed by atoms with van der Waals surface area (Å²) in [7, 11) is 0. The second-order valence-electron chi connectivity index (χ2n) is 5.13. The number of nitrogens with one attached hydrogen (secondary N) is 3. The molecule has 2 amide bonds. The smallest absolute Gasteiger partial charge is 0.252 e. The van der Waals surface area contributed by atoms with Crippen LogP contribution in [0.15, 0.2) is 53.3 Å². The Labute approximate surface area is 146 Å². The highest BCUT2D eigenvalue weighted by Crippen LogP contribution is 2.15. The van der Waals surface area contributed by atoms with Gasteiger partial charge in [-0.1, -0.05) is 12.1 Å². The van der Waals surface area contributed by atoms with Crippen LogP contribution < -0.4 is 10.6 Å². The van der Waals surface area contributed by atoms with Crippen molar-refractivity contribution in [2.45, 2.75) is 0 Å². The summed E-state index contributed by atoms with van der Waals surface area (Å²) in [4.78, 5) is 31.2. The third-order valence-electron chi connectivity index (χ3n) is 3.50. The number of aromatic amines is 1. The summed E-state index contributed by atoms with van der Waals surface area (Å²) < 4.78 is 0.736. The molecule has 3 rings (SSSR count). The number of hydrogen-bond acceptors (Lipinski definition) is 3. The zero-order valence-electron chi connectivity index (χ0n) is 12.7. The predicted octanol–water partition coefficient (Wildman–Crippen LogP) is 2.49.